The highest BCUT2D eigenvalue weighted by Crippen LogP contribution is 2.55. The first-order valence-corrected chi connectivity index (χ1v) is 11.3. The van der Waals surface area contributed by atoms with Gasteiger partial charge >= 0.3 is 0 Å². The summed E-state index contributed by atoms with van der Waals surface area (Å²) in [6, 6.07) is 30.6. The van der Waals surface area contributed by atoms with E-state index in [0.29, 0.717) is 0 Å². The van der Waals surface area contributed by atoms with E-state index in [1.54, 1.807) is 0 Å². The second kappa shape index (κ2) is 7.73. The van der Waals surface area contributed by atoms with Crippen LogP contribution in [0.15, 0.2) is 91.0 Å². The Labute approximate surface area is 144 Å². The van der Waals surface area contributed by atoms with Crippen molar-refractivity contribution in [3.05, 3.63) is 108 Å². The molecule has 0 aliphatic heterocycles. The molecule has 3 aromatic carbocycles. The van der Waals surface area contributed by atoms with Crippen molar-refractivity contribution < 1.29 is 0 Å². The Morgan fingerprint density at radius 1 is 0.478 bits per heavy atom. The molecule has 0 heterocycles. The van der Waals surface area contributed by atoms with E-state index in [2.05, 4.69) is 91.0 Å². The lowest BCUT2D eigenvalue weighted by Crippen LogP contribution is -1.97. The van der Waals surface area contributed by atoms with Gasteiger partial charge in [-0.25, -0.2) is 0 Å². The average Bonchev–Trinajstić information content (AvgIpc) is 2.57. The first-order chi connectivity index (χ1) is 11.2. The van der Waals surface area contributed by atoms with Gasteiger partial charge < -0.3 is 0 Å². The fourth-order valence-corrected chi connectivity index (χ4v) is 7.22. The van der Waals surface area contributed by atoms with Gasteiger partial charge in [-0.3, -0.25) is 0 Å². The van der Waals surface area contributed by atoms with Crippen LogP contribution in [0.5, 0.6) is 0 Å². The first kappa shape index (κ1) is 16.2. The minimum Gasteiger partial charge on any atom is -0.0965 e. The summed E-state index contributed by atoms with van der Waals surface area (Å²) in [6.07, 6.45) is 3.06. The van der Waals surface area contributed by atoms with E-state index in [1.165, 1.54) is 16.7 Å². The van der Waals surface area contributed by atoms with Crippen LogP contribution in [0.4, 0.5) is 0 Å². The second-order valence-corrected chi connectivity index (χ2v) is 11.4. The van der Waals surface area contributed by atoms with Crippen molar-refractivity contribution >= 4 is 17.8 Å². The van der Waals surface area contributed by atoms with Crippen molar-refractivity contribution in [2.75, 3.05) is 0 Å². The molecule has 0 saturated carbocycles. The third kappa shape index (κ3) is 4.89. The lowest BCUT2D eigenvalue weighted by molar-refractivity contribution is 1.26. The number of hydrogen-bond acceptors (Lipinski definition) is 1. The van der Waals surface area contributed by atoms with Gasteiger partial charge in [0, 0.05) is 18.5 Å². The van der Waals surface area contributed by atoms with Crippen LogP contribution in [0.25, 0.3) is 0 Å². The standard InChI is InChI=1S/C21H21PS/c23-22(16-19-10-4-1-5-11-19,17-20-12-6-2-7-13-20)18-21-14-8-3-9-15-21/h1-15H,16-18H2. The summed E-state index contributed by atoms with van der Waals surface area (Å²) in [5.41, 5.74) is 4.09. The summed E-state index contributed by atoms with van der Waals surface area (Å²) < 4.78 is 0. The Morgan fingerprint density at radius 3 is 1.00 bits per heavy atom. The van der Waals surface area contributed by atoms with Crippen LogP contribution >= 0.6 is 6.04 Å². The van der Waals surface area contributed by atoms with Crippen LogP contribution in [0.1, 0.15) is 16.7 Å². The summed E-state index contributed by atoms with van der Waals surface area (Å²) in [6.45, 7) is 0. The molecular formula is C21H21PS. The van der Waals surface area contributed by atoms with Crippen LogP contribution in [-0.4, -0.2) is 0 Å². The van der Waals surface area contributed by atoms with Crippen LogP contribution in [0.3, 0.4) is 0 Å². The van der Waals surface area contributed by atoms with Gasteiger partial charge in [0.15, 0.2) is 0 Å². The molecule has 0 atom stereocenters. The van der Waals surface area contributed by atoms with Crippen molar-refractivity contribution in [2.24, 2.45) is 0 Å². The Morgan fingerprint density at radius 2 is 0.739 bits per heavy atom. The average molecular weight is 336 g/mol. The van der Waals surface area contributed by atoms with Crippen molar-refractivity contribution in [3.63, 3.8) is 0 Å². The molecule has 23 heavy (non-hydrogen) atoms. The third-order valence-corrected chi connectivity index (χ3v) is 7.93. The summed E-state index contributed by atoms with van der Waals surface area (Å²) in [7, 11) is 0. The van der Waals surface area contributed by atoms with Gasteiger partial charge in [-0.2, -0.15) is 0 Å². The molecule has 3 rings (SSSR count). The molecule has 0 bridgehead atoms. The first-order valence-electron chi connectivity index (χ1n) is 7.92. The highest BCUT2D eigenvalue weighted by atomic mass is 32.4. The molecule has 0 radical (unpaired) electrons. The monoisotopic (exact) mass is 336 g/mol. The van der Waals surface area contributed by atoms with Crippen LogP contribution in [0.2, 0.25) is 0 Å². The number of hydrogen-bond donors (Lipinski definition) is 0. The normalized spacial score (nSPS) is 11.3. The fourth-order valence-electron chi connectivity index (χ4n) is 2.92. The molecule has 116 valence electrons. The Balaban J connectivity index is 1.87. The van der Waals surface area contributed by atoms with E-state index < -0.39 is 6.04 Å². The van der Waals surface area contributed by atoms with E-state index in [0.717, 1.165) is 18.5 Å². The molecule has 3 aromatic rings. The Hall–Kier alpha value is -1.69. The second-order valence-electron chi connectivity index (χ2n) is 5.99. The topological polar surface area (TPSA) is 0 Å². The highest BCUT2D eigenvalue weighted by Gasteiger charge is 2.19. The number of benzene rings is 3. The van der Waals surface area contributed by atoms with E-state index >= 15 is 0 Å². The molecule has 0 saturated heterocycles. The van der Waals surface area contributed by atoms with Crippen molar-refractivity contribution in [2.45, 2.75) is 18.5 Å². The zero-order chi connectivity index (χ0) is 16.0. The molecule has 0 fully saturated rings. The molecule has 0 aliphatic rings. The smallest absolute Gasteiger partial charge is 0.00236 e. The zero-order valence-corrected chi connectivity index (χ0v) is 14.8. The van der Waals surface area contributed by atoms with E-state index in [4.69, 9.17) is 11.8 Å². The van der Waals surface area contributed by atoms with Gasteiger partial charge in [-0.05, 0) is 22.7 Å². The maximum absolute atomic E-state index is 6.26. The molecule has 0 unspecified atom stereocenters. The van der Waals surface area contributed by atoms with E-state index in [9.17, 15) is 0 Å². The molecule has 0 N–H and O–H groups in total. The molecule has 0 amide bonds. The van der Waals surface area contributed by atoms with Gasteiger partial charge in [0.05, 0.1) is 0 Å². The Kier molecular flexibility index (Phi) is 5.43. The van der Waals surface area contributed by atoms with E-state index in [1.807, 2.05) is 0 Å². The largest absolute Gasteiger partial charge is 0.0965 e. The molecule has 0 nitrogen and oxygen atoms in total. The lowest BCUT2D eigenvalue weighted by atomic mass is 10.2. The lowest BCUT2D eigenvalue weighted by Gasteiger charge is -2.23. The summed E-state index contributed by atoms with van der Waals surface area (Å²) in [4.78, 5) is 0. The van der Waals surface area contributed by atoms with Crippen LogP contribution in [0, 0.1) is 0 Å². The van der Waals surface area contributed by atoms with Gasteiger partial charge in [0.1, 0.15) is 0 Å². The maximum atomic E-state index is 6.26. The van der Waals surface area contributed by atoms with Gasteiger partial charge in [-0.15, -0.1) is 0 Å². The third-order valence-electron chi connectivity index (χ3n) is 3.94. The van der Waals surface area contributed by atoms with Gasteiger partial charge in [0.2, 0.25) is 0 Å². The molecule has 2 heteroatoms. The zero-order valence-electron chi connectivity index (χ0n) is 13.1. The predicted octanol–water partition coefficient (Wildman–Crippen LogP) is 6.07. The summed E-state index contributed by atoms with van der Waals surface area (Å²) >= 11 is 6.26. The summed E-state index contributed by atoms with van der Waals surface area (Å²) in [5, 5.41) is 0. The van der Waals surface area contributed by atoms with Crippen molar-refractivity contribution in [3.8, 4) is 0 Å². The fraction of sp³-hybridized carbons (Fsp3) is 0.143. The minimum absolute atomic E-state index is 1.02. The van der Waals surface area contributed by atoms with Crippen LogP contribution < -0.4 is 0 Å². The Bertz CT molecular complexity index is 659. The van der Waals surface area contributed by atoms with Crippen LogP contribution in [-0.2, 0) is 30.3 Å². The molecule has 0 aromatic heterocycles. The highest BCUT2D eigenvalue weighted by molar-refractivity contribution is 8.13. The number of rotatable bonds is 6. The van der Waals surface area contributed by atoms with E-state index in [-0.39, 0.29) is 0 Å². The summed E-state index contributed by atoms with van der Waals surface area (Å²) in [5.74, 6) is 0. The minimum atomic E-state index is -1.55. The van der Waals surface area contributed by atoms with Crippen molar-refractivity contribution in [1.82, 2.24) is 0 Å². The van der Waals surface area contributed by atoms with Gasteiger partial charge in [-0.1, -0.05) is 103 Å². The molecule has 0 spiro atoms. The van der Waals surface area contributed by atoms with Crippen molar-refractivity contribution in [1.29, 1.82) is 0 Å². The quantitative estimate of drug-likeness (QED) is 0.493. The molecular weight excluding hydrogens is 315 g/mol. The SMILES string of the molecule is S=P(Cc1ccccc1)(Cc1ccccc1)Cc1ccccc1. The predicted molar refractivity (Wildman–Crippen MR) is 105 cm³/mol. The molecule has 0 aliphatic carbocycles. The van der Waals surface area contributed by atoms with Gasteiger partial charge in [0.25, 0.3) is 0 Å². The maximum Gasteiger partial charge on any atom is 0.00236 e.